The van der Waals surface area contributed by atoms with Crippen LogP contribution < -0.4 is 10.6 Å². The number of amides is 2. The Morgan fingerprint density at radius 1 is 0.925 bits per heavy atom. The van der Waals surface area contributed by atoms with Crippen molar-refractivity contribution in [2.75, 3.05) is 10.6 Å². The molecule has 3 N–H and O–H groups in total. The third kappa shape index (κ3) is 6.69. The molecule has 1 aliphatic carbocycles. The number of nitrogens with zero attached hydrogens (tertiary/aromatic N) is 1. The van der Waals surface area contributed by atoms with E-state index in [4.69, 9.17) is 5.26 Å². The molecule has 0 saturated heterocycles. The Balaban J connectivity index is 1.62. The number of nitriles is 1. The number of halogens is 3. The van der Waals surface area contributed by atoms with Crippen molar-refractivity contribution in [2.45, 2.75) is 57.2 Å². The Hall–Kier alpha value is -4.16. The minimum atomic E-state index is -4.77. The Bertz CT molecular complexity index is 1420. The predicted octanol–water partition coefficient (Wildman–Crippen LogP) is 6.70. The molecule has 3 aromatic rings. The van der Waals surface area contributed by atoms with Gasteiger partial charge in [0.15, 0.2) is 0 Å². The van der Waals surface area contributed by atoms with Gasteiger partial charge in [0, 0.05) is 24.7 Å². The van der Waals surface area contributed by atoms with Crippen LogP contribution in [0.4, 0.5) is 24.5 Å². The van der Waals surface area contributed by atoms with Crippen molar-refractivity contribution in [3.63, 3.8) is 0 Å². The molecule has 0 heterocycles. The smallest absolute Gasteiger partial charge is 0.379 e. The van der Waals surface area contributed by atoms with E-state index < -0.39 is 28.8 Å². The van der Waals surface area contributed by atoms with Gasteiger partial charge in [-0.2, -0.15) is 18.4 Å². The zero-order valence-electron chi connectivity index (χ0n) is 22.0. The molecule has 3 aromatic carbocycles. The number of anilines is 2. The van der Waals surface area contributed by atoms with Crippen LogP contribution in [-0.4, -0.2) is 22.5 Å². The van der Waals surface area contributed by atoms with Gasteiger partial charge in [-0.1, -0.05) is 55.7 Å². The maximum atomic E-state index is 13.6. The summed E-state index contributed by atoms with van der Waals surface area (Å²) in [5, 5.41) is 26.2. The second-order valence-corrected chi connectivity index (χ2v) is 10.2. The summed E-state index contributed by atoms with van der Waals surface area (Å²) < 4.78 is 40.5. The lowest BCUT2D eigenvalue weighted by molar-refractivity contribution is -0.142. The van der Waals surface area contributed by atoms with Crippen LogP contribution in [0.3, 0.4) is 0 Å². The van der Waals surface area contributed by atoms with Crippen molar-refractivity contribution >= 4 is 23.2 Å². The SMILES string of the molecule is CC(=O)Nc1ccc(-c2cccc(CC(O)(C(=O)Nc3ccc(C#N)c(C(F)(F)F)c3)C3CCCCC3)c2)cc1. The summed E-state index contributed by atoms with van der Waals surface area (Å²) in [5.74, 6) is -1.32. The average molecular weight is 550 g/mol. The third-order valence-corrected chi connectivity index (χ3v) is 7.32. The van der Waals surface area contributed by atoms with Crippen molar-refractivity contribution in [1.82, 2.24) is 0 Å². The van der Waals surface area contributed by atoms with Crippen LogP contribution >= 0.6 is 0 Å². The van der Waals surface area contributed by atoms with E-state index in [0.717, 1.165) is 42.5 Å². The number of alkyl halides is 3. The molecular weight excluding hydrogens is 519 g/mol. The van der Waals surface area contributed by atoms with Gasteiger partial charge in [0.2, 0.25) is 5.91 Å². The first-order valence-corrected chi connectivity index (χ1v) is 13.1. The molecule has 0 bridgehead atoms. The largest absolute Gasteiger partial charge is 0.417 e. The van der Waals surface area contributed by atoms with Gasteiger partial charge >= 0.3 is 6.18 Å². The number of benzene rings is 3. The van der Waals surface area contributed by atoms with Crippen LogP contribution in [0.5, 0.6) is 0 Å². The number of hydrogen-bond acceptors (Lipinski definition) is 4. The molecule has 1 aliphatic rings. The quantitative estimate of drug-likeness (QED) is 0.305. The zero-order valence-corrected chi connectivity index (χ0v) is 22.0. The van der Waals surface area contributed by atoms with Crippen LogP contribution in [-0.2, 0) is 22.2 Å². The van der Waals surface area contributed by atoms with Gasteiger partial charge in [0.1, 0.15) is 5.60 Å². The van der Waals surface area contributed by atoms with E-state index >= 15 is 0 Å². The van der Waals surface area contributed by atoms with E-state index in [0.29, 0.717) is 24.1 Å². The van der Waals surface area contributed by atoms with E-state index in [9.17, 15) is 27.9 Å². The molecular formula is C31H30F3N3O3. The molecule has 208 valence electrons. The number of carbonyl (C=O) groups excluding carboxylic acids is 2. The van der Waals surface area contributed by atoms with Gasteiger partial charge < -0.3 is 15.7 Å². The highest BCUT2D eigenvalue weighted by molar-refractivity contribution is 5.98. The summed E-state index contributed by atoms with van der Waals surface area (Å²) in [4.78, 5) is 24.9. The first-order chi connectivity index (χ1) is 19.0. The minimum Gasteiger partial charge on any atom is -0.379 e. The molecule has 0 radical (unpaired) electrons. The van der Waals surface area contributed by atoms with E-state index in [1.165, 1.54) is 19.1 Å². The zero-order chi connectivity index (χ0) is 28.9. The highest BCUT2D eigenvalue weighted by atomic mass is 19.4. The number of hydrogen-bond donors (Lipinski definition) is 3. The summed E-state index contributed by atoms with van der Waals surface area (Å²) in [6.07, 6.45) is -0.879. The lowest BCUT2D eigenvalue weighted by Gasteiger charge is -2.37. The Morgan fingerprint density at radius 3 is 2.23 bits per heavy atom. The van der Waals surface area contributed by atoms with Crippen LogP contribution in [0.2, 0.25) is 0 Å². The molecule has 1 saturated carbocycles. The molecule has 9 heteroatoms. The molecule has 4 rings (SSSR count). The van der Waals surface area contributed by atoms with Crippen molar-refractivity contribution in [3.05, 3.63) is 83.4 Å². The first-order valence-electron chi connectivity index (χ1n) is 13.1. The Morgan fingerprint density at radius 2 is 1.60 bits per heavy atom. The molecule has 0 aliphatic heterocycles. The average Bonchev–Trinajstić information content (AvgIpc) is 2.93. The van der Waals surface area contributed by atoms with Gasteiger partial charge in [-0.3, -0.25) is 9.59 Å². The fourth-order valence-corrected chi connectivity index (χ4v) is 5.30. The van der Waals surface area contributed by atoms with Crippen molar-refractivity contribution in [3.8, 4) is 17.2 Å². The monoisotopic (exact) mass is 549 g/mol. The maximum Gasteiger partial charge on any atom is 0.417 e. The van der Waals surface area contributed by atoms with Gasteiger partial charge in [-0.15, -0.1) is 0 Å². The number of aliphatic hydroxyl groups is 1. The molecule has 1 unspecified atom stereocenters. The molecule has 2 amide bonds. The lowest BCUT2D eigenvalue weighted by atomic mass is 9.73. The number of carbonyl (C=O) groups is 2. The molecule has 0 aromatic heterocycles. The van der Waals surface area contributed by atoms with Gasteiger partial charge in [0.25, 0.3) is 5.91 Å². The Labute approximate surface area is 230 Å². The summed E-state index contributed by atoms with van der Waals surface area (Å²) in [7, 11) is 0. The van der Waals surface area contributed by atoms with Crippen LogP contribution in [0.15, 0.2) is 66.7 Å². The number of nitrogens with one attached hydrogen (secondary N) is 2. The lowest BCUT2D eigenvalue weighted by Crippen LogP contribution is -2.51. The molecule has 1 atom stereocenters. The summed E-state index contributed by atoms with van der Waals surface area (Å²) >= 11 is 0. The molecule has 0 spiro atoms. The summed E-state index contributed by atoms with van der Waals surface area (Å²) in [6.45, 7) is 1.43. The molecule has 40 heavy (non-hydrogen) atoms. The second-order valence-electron chi connectivity index (χ2n) is 10.2. The van der Waals surface area contributed by atoms with Crippen LogP contribution in [0, 0.1) is 17.2 Å². The van der Waals surface area contributed by atoms with Gasteiger partial charge in [-0.05, 0) is 65.8 Å². The summed E-state index contributed by atoms with van der Waals surface area (Å²) in [5.41, 5.74) is -0.617. The van der Waals surface area contributed by atoms with Crippen molar-refractivity contribution in [2.24, 2.45) is 5.92 Å². The highest BCUT2D eigenvalue weighted by Crippen LogP contribution is 2.38. The normalized spacial score (nSPS) is 15.5. The number of rotatable bonds is 7. The highest BCUT2D eigenvalue weighted by Gasteiger charge is 2.44. The van der Waals surface area contributed by atoms with Crippen molar-refractivity contribution in [1.29, 1.82) is 5.26 Å². The van der Waals surface area contributed by atoms with Crippen LogP contribution in [0.25, 0.3) is 11.1 Å². The van der Waals surface area contributed by atoms with Crippen molar-refractivity contribution < 1.29 is 27.9 Å². The van der Waals surface area contributed by atoms with Gasteiger partial charge in [-0.25, -0.2) is 0 Å². The minimum absolute atomic E-state index is 0.0241. The second kappa shape index (κ2) is 11.9. The maximum absolute atomic E-state index is 13.6. The Kier molecular flexibility index (Phi) is 8.60. The summed E-state index contributed by atoms with van der Waals surface area (Å²) in [6, 6.07) is 19.2. The fourth-order valence-electron chi connectivity index (χ4n) is 5.30. The van der Waals surface area contributed by atoms with E-state index in [1.807, 2.05) is 30.3 Å². The topological polar surface area (TPSA) is 102 Å². The third-order valence-electron chi connectivity index (χ3n) is 7.32. The van der Waals surface area contributed by atoms with E-state index in [-0.39, 0.29) is 23.9 Å². The van der Waals surface area contributed by atoms with Crippen LogP contribution in [0.1, 0.15) is 55.7 Å². The van der Waals surface area contributed by atoms with E-state index in [2.05, 4.69) is 10.6 Å². The fraction of sp³-hybridized carbons (Fsp3) is 0.323. The first kappa shape index (κ1) is 28.8. The molecule has 1 fully saturated rings. The molecule has 6 nitrogen and oxygen atoms in total. The van der Waals surface area contributed by atoms with Gasteiger partial charge in [0.05, 0.1) is 17.2 Å². The van der Waals surface area contributed by atoms with E-state index in [1.54, 1.807) is 18.2 Å². The standard InChI is InChI=1S/C31H30F3N3O3/c1-20(38)36-26-13-10-22(11-14-26)23-7-5-6-21(16-23)18-30(40,25-8-3-2-4-9-25)29(39)37-27-15-12-24(19-35)28(17-27)31(32,33)34/h5-7,10-17,25,40H,2-4,8-9,18H2,1H3,(H,36,38)(H,37,39). The predicted molar refractivity (Wildman–Crippen MR) is 146 cm³/mol.